The molecule has 2 atom stereocenters. The summed E-state index contributed by atoms with van der Waals surface area (Å²) in [4.78, 5) is 0. The first-order valence-electron chi connectivity index (χ1n) is 9.50. The van der Waals surface area contributed by atoms with Crippen LogP contribution in [-0.2, 0) is 4.74 Å². The van der Waals surface area contributed by atoms with E-state index in [2.05, 4.69) is 13.0 Å². The van der Waals surface area contributed by atoms with Crippen LogP contribution >= 0.6 is 0 Å². The van der Waals surface area contributed by atoms with E-state index < -0.39 is 11.7 Å². The van der Waals surface area contributed by atoms with E-state index in [9.17, 15) is 14.0 Å². The maximum Gasteiger partial charge on any atom is 0.205 e. The number of halogens is 2. The fourth-order valence-electron chi connectivity index (χ4n) is 4.15. The van der Waals surface area contributed by atoms with Gasteiger partial charge >= 0.3 is 0 Å². The Morgan fingerprint density at radius 1 is 1.07 bits per heavy atom. The van der Waals surface area contributed by atoms with Crippen LogP contribution in [0.15, 0.2) is 76.9 Å². The third-order valence-corrected chi connectivity index (χ3v) is 5.41. The fraction of sp³-hybridized carbons (Fsp3) is 0.208. The molecular weight excluding hydrogens is 370 g/mol. The van der Waals surface area contributed by atoms with Gasteiger partial charge in [0, 0.05) is 11.1 Å². The maximum absolute atomic E-state index is 14.7. The van der Waals surface area contributed by atoms with Crippen molar-refractivity contribution < 1.29 is 13.5 Å². The molecule has 0 aromatic heterocycles. The summed E-state index contributed by atoms with van der Waals surface area (Å²) in [6, 6.07) is 15.0. The van der Waals surface area contributed by atoms with Crippen molar-refractivity contribution in [2.75, 3.05) is 0 Å². The zero-order chi connectivity index (χ0) is 20.5. The smallest absolute Gasteiger partial charge is 0.205 e. The molecule has 0 amide bonds. The largest absolute Gasteiger partial charge is 0.440 e. The highest BCUT2D eigenvalue weighted by molar-refractivity contribution is 5.62. The highest BCUT2D eigenvalue weighted by atomic mass is 19.1. The van der Waals surface area contributed by atoms with E-state index in [0.29, 0.717) is 29.7 Å². The Bertz CT molecular complexity index is 1110. The Labute approximate surface area is 168 Å². The molecule has 2 aromatic carbocycles. The van der Waals surface area contributed by atoms with Crippen molar-refractivity contribution in [1.29, 1.82) is 5.26 Å². The number of rotatable bonds is 2. The van der Waals surface area contributed by atoms with Crippen molar-refractivity contribution in [3.63, 3.8) is 0 Å². The van der Waals surface area contributed by atoms with Crippen molar-refractivity contribution >= 4 is 6.08 Å². The second kappa shape index (κ2) is 7.56. The van der Waals surface area contributed by atoms with Crippen LogP contribution in [0, 0.1) is 28.9 Å². The first-order chi connectivity index (χ1) is 14.0. The van der Waals surface area contributed by atoms with Gasteiger partial charge in [0.1, 0.15) is 29.0 Å². The minimum Gasteiger partial charge on any atom is -0.440 e. The van der Waals surface area contributed by atoms with Crippen molar-refractivity contribution in [3.8, 4) is 6.07 Å². The van der Waals surface area contributed by atoms with Gasteiger partial charge in [-0.3, -0.25) is 0 Å². The van der Waals surface area contributed by atoms with Crippen LogP contribution in [0.1, 0.15) is 36.8 Å². The molecule has 5 heteroatoms. The van der Waals surface area contributed by atoms with Crippen LogP contribution < -0.4 is 5.73 Å². The average molecular weight is 390 g/mol. The molecule has 0 bridgehead atoms. The first-order valence-corrected chi connectivity index (χ1v) is 9.50. The summed E-state index contributed by atoms with van der Waals surface area (Å²) >= 11 is 0. The zero-order valence-corrected chi connectivity index (χ0v) is 16.0. The summed E-state index contributed by atoms with van der Waals surface area (Å²) in [5.74, 6) is -0.627. The number of ether oxygens (including phenoxy) is 1. The van der Waals surface area contributed by atoms with Gasteiger partial charge in [0.2, 0.25) is 5.88 Å². The molecule has 0 radical (unpaired) electrons. The molecule has 2 N–H and O–H groups in total. The second-order valence-corrected chi connectivity index (χ2v) is 7.51. The molecule has 2 aromatic rings. The van der Waals surface area contributed by atoms with Crippen LogP contribution in [0.2, 0.25) is 0 Å². The number of nitriles is 1. The Hall–Kier alpha value is -3.39. The highest BCUT2D eigenvalue weighted by Crippen LogP contribution is 2.48. The van der Waals surface area contributed by atoms with Crippen molar-refractivity contribution in [2.24, 2.45) is 11.7 Å². The summed E-state index contributed by atoms with van der Waals surface area (Å²) in [7, 11) is 0. The lowest BCUT2D eigenvalue weighted by Crippen LogP contribution is -2.26. The third kappa shape index (κ3) is 3.42. The van der Waals surface area contributed by atoms with Gasteiger partial charge in [0.05, 0.1) is 5.92 Å². The van der Waals surface area contributed by atoms with Crippen LogP contribution in [0.4, 0.5) is 8.78 Å². The van der Waals surface area contributed by atoms with E-state index >= 15 is 0 Å². The zero-order valence-electron chi connectivity index (χ0n) is 16.0. The predicted molar refractivity (Wildman–Crippen MR) is 107 cm³/mol. The quantitative estimate of drug-likeness (QED) is 0.732. The van der Waals surface area contributed by atoms with E-state index in [1.165, 1.54) is 12.1 Å². The summed E-state index contributed by atoms with van der Waals surface area (Å²) in [5.41, 5.74) is 8.72. The van der Waals surface area contributed by atoms with Gasteiger partial charge in [0.25, 0.3) is 0 Å². The van der Waals surface area contributed by atoms with E-state index in [-0.39, 0.29) is 23.2 Å². The molecule has 0 spiro atoms. The average Bonchev–Trinajstić information content (AvgIpc) is 2.70. The standard InChI is InChI=1S/C24H20F2N2O/c1-14-10-16(12-15-6-2-4-8-20(15)25)23-18(11-14)22(19(13-27)24(28)29-23)17-7-3-5-9-21(17)26/h2-9,12,14,22H,10-11,28H2,1H3/b16-12+. The van der Waals surface area contributed by atoms with Crippen molar-refractivity contribution in [1.82, 2.24) is 0 Å². The Morgan fingerprint density at radius 3 is 2.45 bits per heavy atom. The van der Waals surface area contributed by atoms with Gasteiger partial charge in [-0.1, -0.05) is 43.3 Å². The van der Waals surface area contributed by atoms with Crippen LogP contribution in [0.25, 0.3) is 6.08 Å². The van der Waals surface area contributed by atoms with Gasteiger partial charge in [0.15, 0.2) is 0 Å². The summed E-state index contributed by atoms with van der Waals surface area (Å²) in [6.07, 6.45) is 3.07. The van der Waals surface area contributed by atoms with E-state index in [1.54, 1.807) is 42.5 Å². The van der Waals surface area contributed by atoms with Crippen molar-refractivity contribution in [3.05, 3.63) is 99.7 Å². The molecule has 29 heavy (non-hydrogen) atoms. The first kappa shape index (κ1) is 18.9. The van der Waals surface area contributed by atoms with E-state index in [0.717, 1.165) is 11.1 Å². The molecule has 1 heterocycles. The number of hydrogen-bond donors (Lipinski definition) is 1. The highest BCUT2D eigenvalue weighted by Gasteiger charge is 2.38. The monoisotopic (exact) mass is 390 g/mol. The number of hydrogen-bond acceptors (Lipinski definition) is 3. The molecule has 0 saturated heterocycles. The molecule has 2 aliphatic rings. The van der Waals surface area contributed by atoms with Gasteiger partial charge < -0.3 is 10.5 Å². The predicted octanol–water partition coefficient (Wildman–Crippen LogP) is 5.54. The second-order valence-electron chi connectivity index (χ2n) is 7.51. The van der Waals surface area contributed by atoms with E-state index in [4.69, 9.17) is 10.5 Å². The van der Waals surface area contributed by atoms with Crippen LogP contribution in [0.5, 0.6) is 0 Å². The molecule has 4 rings (SSSR count). The number of nitrogens with two attached hydrogens (primary N) is 1. The molecule has 3 nitrogen and oxygen atoms in total. The maximum atomic E-state index is 14.7. The number of benzene rings is 2. The number of nitrogens with zero attached hydrogens (tertiary/aromatic N) is 1. The number of allylic oxidation sites excluding steroid dienone is 3. The fourth-order valence-corrected chi connectivity index (χ4v) is 4.15. The molecular formula is C24H20F2N2O. The molecule has 0 fully saturated rings. The van der Waals surface area contributed by atoms with Crippen LogP contribution in [-0.4, -0.2) is 0 Å². The summed E-state index contributed by atoms with van der Waals surface area (Å²) in [6.45, 7) is 2.07. The van der Waals surface area contributed by atoms with Crippen LogP contribution in [0.3, 0.4) is 0 Å². The lowest BCUT2D eigenvalue weighted by molar-refractivity contribution is 0.268. The SMILES string of the molecule is CC1CC2=C(OC(N)=C(C#N)C2c2ccccc2F)/C(=C/c2ccccc2F)C1. The Morgan fingerprint density at radius 2 is 1.76 bits per heavy atom. The lowest BCUT2D eigenvalue weighted by atomic mass is 9.74. The van der Waals surface area contributed by atoms with Gasteiger partial charge in [-0.2, -0.15) is 5.26 Å². The summed E-state index contributed by atoms with van der Waals surface area (Å²) < 4.78 is 34.7. The Balaban J connectivity index is 1.91. The molecule has 0 saturated carbocycles. The Kier molecular flexibility index (Phi) is 4.94. The third-order valence-electron chi connectivity index (χ3n) is 5.41. The van der Waals surface area contributed by atoms with Gasteiger partial charge in [-0.05, 0) is 48.1 Å². The molecule has 1 aliphatic carbocycles. The molecule has 146 valence electrons. The topological polar surface area (TPSA) is 59.0 Å². The minimum atomic E-state index is -0.614. The molecule has 2 unspecified atom stereocenters. The van der Waals surface area contributed by atoms with Crippen molar-refractivity contribution in [2.45, 2.75) is 25.7 Å². The summed E-state index contributed by atoms with van der Waals surface area (Å²) in [5, 5.41) is 9.70. The van der Waals surface area contributed by atoms with Gasteiger partial charge in [-0.15, -0.1) is 0 Å². The minimum absolute atomic E-state index is 0.0338. The molecule has 1 aliphatic heterocycles. The van der Waals surface area contributed by atoms with E-state index in [1.807, 2.05) is 0 Å². The van der Waals surface area contributed by atoms with Gasteiger partial charge in [-0.25, -0.2) is 8.78 Å². The normalized spacial score (nSPS) is 22.9. The lowest BCUT2D eigenvalue weighted by Gasteiger charge is -2.35.